The molecule has 1 saturated heterocycles. The van der Waals surface area contributed by atoms with Gasteiger partial charge >= 0.3 is 0 Å². The van der Waals surface area contributed by atoms with Crippen molar-refractivity contribution in [2.24, 2.45) is 35.0 Å². The number of hydrogen-bond donors (Lipinski definition) is 0. The second-order valence-corrected chi connectivity index (χ2v) is 7.00. The maximum Gasteiger partial charge on any atom is 0.0525 e. The van der Waals surface area contributed by atoms with E-state index in [0.717, 1.165) is 42.8 Å². The van der Waals surface area contributed by atoms with Crippen LogP contribution in [0.2, 0.25) is 0 Å². The lowest BCUT2D eigenvalue weighted by Gasteiger charge is -2.32. The van der Waals surface area contributed by atoms with E-state index < -0.39 is 0 Å². The largest absolute Gasteiger partial charge is 0.381 e. The molecule has 4 atom stereocenters. The molecule has 94 valence electrons. The summed E-state index contributed by atoms with van der Waals surface area (Å²) in [5.74, 6) is 4.11. The fraction of sp³-hybridized carbons (Fsp3) is 1.00. The van der Waals surface area contributed by atoms with E-state index in [1.54, 1.807) is 0 Å². The van der Waals surface area contributed by atoms with Crippen LogP contribution in [0.3, 0.4) is 0 Å². The molecule has 1 nitrogen and oxygen atoms in total. The maximum atomic E-state index is 6.00. The number of rotatable bonds is 2. The van der Waals surface area contributed by atoms with Gasteiger partial charge in [-0.15, -0.1) is 0 Å². The highest BCUT2D eigenvalue weighted by atomic mass is 16.5. The van der Waals surface area contributed by atoms with Crippen LogP contribution in [0.25, 0.3) is 0 Å². The van der Waals surface area contributed by atoms with E-state index in [4.69, 9.17) is 4.74 Å². The van der Waals surface area contributed by atoms with Crippen molar-refractivity contribution in [3.8, 4) is 0 Å². The van der Waals surface area contributed by atoms with E-state index in [0.29, 0.717) is 5.41 Å². The summed E-state index contributed by atoms with van der Waals surface area (Å²) in [4.78, 5) is 0. The van der Waals surface area contributed by atoms with Crippen LogP contribution >= 0.6 is 0 Å². The van der Waals surface area contributed by atoms with Gasteiger partial charge in [-0.1, -0.05) is 34.6 Å². The third-order valence-electron chi connectivity index (χ3n) is 5.20. The van der Waals surface area contributed by atoms with Crippen molar-refractivity contribution in [1.82, 2.24) is 0 Å². The molecule has 16 heavy (non-hydrogen) atoms. The van der Waals surface area contributed by atoms with Crippen LogP contribution in [0.1, 0.15) is 47.5 Å². The summed E-state index contributed by atoms with van der Waals surface area (Å²) in [6.45, 7) is 13.9. The first-order valence-corrected chi connectivity index (χ1v) is 7.04. The van der Waals surface area contributed by atoms with Crippen LogP contribution in [-0.4, -0.2) is 13.2 Å². The first-order chi connectivity index (χ1) is 7.46. The van der Waals surface area contributed by atoms with Crippen molar-refractivity contribution in [3.63, 3.8) is 0 Å². The molecule has 1 spiro atoms. The van der Waals surface area contributed by atoms with Crippen molar-refractivity contribution in [2.75, 3.05) is 13.2 Å². The van der Waals surface area contributed by atoms with Crippen molar-refractivity contribution in [2.45, 2.75) is 47.5 Å². The molecule has 0 aromatic carbocycles. The quantitative estimate of drug-likeness (QED) is 0.689. The molecule has 0 N–H and O–H groups in total. The summed E-state index contributed by atoms with van der Waals surface area (Å²) in [7, 11) is 0. The minimum atomic E-state index is 0.568. The molecule has 1 heterocycles. The Morgan fingerprint density at radius 2 is 1.56 bits per heavy atom. The van der Waals surface area contributed by atoms with Gasteiger partial charge in [-0.3, -0.25) is 0 Å². The smallest absolute Gasteiger partial charge is 0.0525 e. The molecular weight excluding hydrogens is 196 g/mol. The fourth-order valence-electron chi connectivity index (χ4n) is 3.66. The van der Waals surface area contributed by atoms with Gasteiger partial charge in [-0.25, -0.2) is 0 Å². The van der Waals surface area contributed by atoms with Gasteiger partial charge in [-0.05, 0) is 47.8 Å². The second-order valence-electron chi connectivity index (χ2n) is 7.00. The van der Waals surface area contributed by atoms with Crippen LogP contribution in [0.15, 0.2) is 0 Å². The lowest BCUT2D eigenvalue weighted by Crippen LogP contribution is -2.28. The van der Waals surface area contributed by atoms with E-state index >= 15 is 0 Å². The van der Waals surface area contributed by atoms with Gasteiger partial charge in [0.2, 0.25) is 0 Å². The molecular formula is C15H28O. The van der Waals surface area contributed by atoms with Crippen molar-refractivity contribution < 1.29 is 4.74 Å². The molecule has 2 rings (SSSR count). The Morgan fingerprint density at radius 1 is 1.00 bits per heavy atom. The standard InChI is InChI=1S/C15H28O/c1-10(2)13-7-15(6-12(15)5)9-16-8-14(13)11(3)4/h10-14H,6-9H2,1-5H3. The Labute approximate surface area is 101 Å². The number of hydrogen-bond acceptors (Lipinski definition) is 1. The molecule has 1 aliphatic heterocycles. The molecule has 4 unspecified atom stereocenters. The Balaban J connectivity index is 2.12. The zero-order valence-electron chi connectivity index (χ0n) is 11.6. The third-order valence-corrected chi connectivity index (χ3v) is 5.20. The monoisotopic (exact) mass is 224 g/mol. The van der Waals surface area contributed by atoms with Gasteiger partial charge in [0.15, 0.2) is 0 Å². The average Bonchev–Trinajstić information content (AvgIpc) is 2.86. The summed E-state index contributed by atoms with van der Waals surface area (Å²) < 4.78 is 6.00. The molecule has 1 saturated carbocycles. The molecule has 0 aromatic rings. The van der Waals surface area contributed by atoms with Crippen LogP contribution in [0, 0.1) is 35.0 Å². The third kappa shape index (κ3) is 2.16. The Morgan fingerprint density at radius 3 is 2.00 bits per heavy atom. The van der Waals surface area contributed by atoms with E-state index in [1.165, 1.54) is 12.8 Å². The predicted octanol–water partition coefficient (Wildman–Crippen LogP) is 3.98. The van der Waals surface area contributed by atoms with Crippen LogP contribution in [0.5, 0.6) is 0 Å². The molecule has 2 aliphatic rings. The fourth-order valence-corrected chi connectivity index (χ4v) is 3.66. The topological polar surface area (TPSA) is 9.23 Å². The molecule has 0 amide bonds. The van der Waals surface area contributed by atoms with Crippen molar-refractivity contribution in [1.29, 1.82) is 0 Å². The van der Waals surface area contributed by atoms with Crippen LogP contribution < -0.4 is 0 Å². The van der Waals surface area contributed by atoms with E-state index in [9.17, 15) is 0 Å². The predicted molar refractivity (Wildman–Crippen MR) is 68.3 cm³/mol. The Bertz CT molecular complexity index is 246. The first-order valence-electron chi connectivity index (χ1n) is 7.04. The minimum Gasteiger partial charge on any atom is -0.381 e. The van der Waals surface area contributed by atoms with Gasteiger partial charge in [0.25, 0.3) is 0 Å². The highest BCUT2D eigenvalue weighted by molar-refractivity contribution is 5.03. The van der Waals surface area contributed by atoms with Crippen molar-refractivity contribution in [3.05, 3.63) is 0 Å². The molecule has 2 fully saturated rings. The van der Waals surface area contributed by atoms with E-state index in [2.05, 4.69) is 34.6 Å². The molecule has 0 radical (unpaired) electrons. The normalized spacial score (nSPS) is 44.1. The van der Waals surface area contributed by atoms with Crippen LogP contribution in [-0.2, 0) is 4.74 Å². The highest BCUT2D eigenvalue weighted by Crippen LogP contribution is 2.59. The average molecular weight is 224 g/mol. The van der Waals surface area contributed by atoms with Crippen molar-refractivity contribution >= 4 is 0 Å². The van der Waals surface area contributed by atoms with Gasteiger partial charge in [-0.2, -0.15) is 0 Å². The second kappa shape index (κ2) is 4.33. The SMILES string of the molecule is CC(C)C1COCC2(CC1C(C)C)CC2C. The van der Waals surface area contributed by atoms with E-state index in [-0.39, 0.29) is 0 Å². The zero-order valence-corrected chi connectivity index (χ0v) is 11.6. The zero-order chi connectivity index (χ0) is 11.9. The molecule has 1 heteroatoms. The Kier molecular flexibility index (Phi) is 3.36. The van der Waals surface area contributed by atoms with Gasteiger partial charge in [0.1, 0.15) is 0 Å². The summed E-state index contributed by atoms with van der Waals surface area (Å²) in [5, 5.41) is 0. The molecule has 0 bridgehead atoms. The van der Waals surface area contributed by atoms with Gasteiger partial charge < -0.3 is 4.74 Å². The minimum absolute atomic E-state index is 0.568. The lowest BCUT2D eigenvalue weighted by molar-refractivity contribution is 0.0631. The summed E-state index contributed by atoms with van der Waals surface area (Å²) in [5.41, 5.74) is 0.568. The lowest BCUT2D eigenvalue weighted by atomic mass is 9.73. The summed E-state index contributed by atoms with van der Waals surface area (Å²) in [6.07, 6.45) is 2.82. The highest BCUT2D eigenvalue weighted by Gasteiger charge is 2.54. The van der Waals surface area contributed by atoms with Gasteiger partial charge in [0.05, 0.1) is 6.61 Å². The summed E-state index contributed by atoms with van der Waals surface area (Å²) >= 11 is 0. The number of ether oxygens (including phenoxy) is 1. The first kappa shape index (κ1) is 12.4. The Hall–Kier alpha value is -0.0400. The van der Waals surface area contributed by atoms with E-state index in [1.807, 2.05) is 0 Å². The van der Waals surface area contributed by atoms with Crippen LogP contribution in [0.4, 0.5) is 0 Å². The molecule has 1 aliphatic carbocycles. The van der Waals surface area contributed by atoms with Gasteiger partial charge in [0, 0.05) is 6.61 Å². The molecule has 0 aromatic heterocycles. The maximum absolute atomic E-state index is 6.00. The summed E-state index contributed by atoms with van der Waals surface area (Å²) in [6, 6.07) is 0.